The number of hydrogen-bond acceptors (Lipinski definition) is 7. The van der Waals surface area contributed by atoms with Gasteiger partial charge in [0.1, 0.15) is 6.61 Å². The molecule has 0 atom stereocenters. The molecule has 50 heavy (non-hydrogen) atoms. The SMILES string of the molecule is CCOc1cc(/C=C2\SC(=Nc3ccc([N+](=O)[O-])cc3)N(CCc3c[nH]c4ccccc34)C2=O)cc(Br)c1OCc1ccc2ccccc2c1. The Labute approximate surface area is 300 Å². The van der Waals surface area contributed by atoms with Crippen LogP contribution in [0.3, 0.4) is 0 Å². The van der Waals surface area contributed by atoms with Gasteiger partial charge >= 0.3 is 0 Å². The molecule has 250 valence electrons. The first-order valence-corrected chi connectivity index (χ1v) is 17.6. The number of ether oxygens (including phenoxy) is 2. The molecule has 1 amide bonds. The fraction of sp³-hybridized carbons (Fsp3) is 0.128. The number of aromatic amines is 1. The molecule has 0 saturated carbocycles. The van der Waals surface area contributed by atoms with Crippen LogP contribution in [0, 0.1) is 10.1 Å². The zero-order valence-corrected chi connectivity index (χ0v) is 29.4. The number of amidine groups is 1. The van der Waals surface area contributed by atoms with Crippen LogP contribution < -0.4 is 9.47 Å². The molecule has 1 saturated heterocycles. The van der Waals surface area contributed by atoms with E-state index >= 15 is 0 Å². The highest BCUT2D eigenvalue weighted by atomic mass is 79.9. The molecular formula is C39H31BrN4O5S. The molecule has 0 spiro atoms. The van der Waals surface area contributed by atoms with Crippen LogP contribution in [0.15, 0.2) is 124 Å². The lowest BCUT2D eigenvalue weighted by Gasteiger charge is -2.16. The molecule has 0 bridgehead atoms. The maximum Gasteiger partial charge on any atom is 0.269 e. The van der Waals surface area contributed by atoms with Crippen molar-refractivity contribution in [2.45, 2.75) is 20.0 Å². The van der Waals surface area contributed by atoms with E-state index in [1.165, 1.54) is 29.3 Å². The Hall–Kier alpha value is -5.39. The molecule has 1 aliphatic rings. The van der Waals surface area contributed by atoms with Crippen molar-refractivity contribution in [3.63, 3.8) is 0 Å². The molecular weight excluding hydrogens is 716 g/mol. The third-order valence-corrected chi connectivity index (χ3v) is 9.88. The van der Waals surface area contributed by atoms with Gasteiger partial charge in [0.15, 0.2) is 16.7 Å². The average molecular weight is 748 g/mol. The van der Waals surface area contributed by atoms with E-state index in [9.17, 15) is 14.9 Å². The molecule has 1 aliphatic heterocycles. The second-order valence-corrected chi connectivity index (χ2v) is 13.4. The van der Waals surface area contributed by atoms with Gasteiger partial charge in [-0.05, 0) is 111 Å². The molecule has 0 unspecified atom stereocenters. The minimum absolute atomic E-state index is 0.0266. The number of nitrogens with one attached hydrogen (secondary N) is 1. The molecule has 1 fully saturated rings. The number of benzene rings is 5. The van der Waals surface area contributed by atoms with E-state index in [1.807, 2.05) is 61.7 Å². The molecule has 1 aromatic heterocycles. The number of carbonyl (C=O) groups is 1. The van der Waals surface area contributed by atoms with Gasteiger partial charge in [-0.1, -0.05) is 54.6 Å². The summed E-state index contributed by atoms with van der Waals surface area (Å²) < 4.78 is 13.0. The predicted octanol–water partition coefficient (Wildman–Crippen LogP) is 9.82. The van der Waals surface area contributed by atoms with E-state index < -0.39 is 4.92 Å². The topological polar surface area (TPSA) is 110 Å². The first-order valence-electron chi connectivity index (χ1n) is 16.0. The lowest BCUT2D eigenvalue weighted by molar-refractivity contribution is -0.384. The summed E-state index contributed by atoms with van der Waals surface area (Å²) in [6.45, 7) is 3.09. The van der Waals surface area contributed by atoms with Gasteiger partial charge < -0.3 is 14.5 Å². The molecule has 1 N–H and O–H groups in total. The van der Waals surface area contributed by atoms with Crippen molar-refractivity contribution in [2.75, 3.05) is 13.2 Å². The maximum absolute atomic E-state index is 14.0. The highest BCUT2D eigenvalue weighted by Gasteiger charge is 2.33. The van der Waals surface area contributed by atoms with Crippen LogP contribution >= 0.6 is 27.7 Å². The van der Waals surface area contributed by atoms with Crippen LogP contribution in [0.1, 0.15) is 23.6 Å². The number of carbonyl (C=O) groups excluding carboxylic acids is 1. The third kappa shape index (κ3) is 7.15. The normalized spacial score (nSPS) is 14.7. The van der Waals surface area contributed by atoms with Crippen molar-refractivity contribution in [2.24, 2.45) is 4.99 Å². The number of thioether (sulfide) groups is 1. The largest absolute Gasteiger partial charge is 0.490 e. The van der Waals surface area contributed by atoms with Crippen LogP contribution in [-0.2, 0) is 17.8 Å². The number of rotatable bonds is 11. The Kier molecular flexibility index (Phi) is 9.68. The number of aliphatic imine (C=N–C) groups is 1. The Morgan fingerprint density at radius 1 is 0.960 bits per heavy atom. The number of hydrogen-bond donors (Lipinski definition) is 1. The highest BCUT2D eigenvalue weighted by molar-refractivity contribution is 9.10. The minimum atomic E-state index is -0.451. The number of fused-ring (bicyclic) bond motifs is 2. The van der Waals surface area contributed by atoms with E-state index in [1.54, 1.807) is 17.0 Å². The summed E-state index contributed by atoms with van der Waals surface area (Å²) in [4.78, 5) is 34.9. The van der Waals surface area contributed by atoms with Gasteiger partial charge in [0, 0.05) is 35.8 Å². The first-order chi connectivity index (χ1) is 24.4. The number of para-hydroxylation sites is 1. The fourth-order valence-corrected chi connectivity index (χ4v) is 7.43. The molecule has 6 aromatic rings. The number of nitrogens with zero attached hydrogens (tertiary/aromatic N) is 3. The van der Waals surface area contributed by atoms with Gasteiger partial charge in [-0.25, -0.2) is 4.99 Å². The van der Waals surface area contributed by atoms with Crippen molar-refractivity contribution >= 4 is 77.9 Å². The zero-order valence-electron chi connectivity index (χ0n) is 27.0. The number of aromatic nitrogens is 1. The summed E-state index contributed by atoms with van der Waals surface area (Å²) >= 11 is 4.95. The second kappa shape index (κ2) is 14.6. The van der Waals surface area contributed by atoms with Gasteiger partial charge in [0.2, 0.25) is 0 Å². The number of nitro benzene ring substituents is 1. The van der Waals surface area contributed by atoms with E-state index in [2.05, 4.69) is 57.3 Å². The summed E-state index contributed by atoms with van der Waals surface area (Å²) in [5, 5.41) is 15.1. The fourth-order valence-electron chi connectivity index (χ4n) is 5.83. The lowest BCUT2D eigenvalue weighted by atomic mass is 10.1. The molecule has 9 nitrogen and oxygen atoms in total. The van der Waals surface area contributed by atoms with Crippen LogP contribution in [0.2, 0.25) is 0 Å². The van der Waals surface area contributed by atoms with Crippen LogP contribution in [-0.4, -0.2) is 39.0 Å². The van der Waals surface area contributed by atoms with Crippen molar-refractivity contribution in [1.29, 1.82) is 0 Å². The Bertz CT molecular complexity index is 2300. The summed E-state index contributed by atoms with van der Waals surface area (Å²) in [6, 6.07) is 32.3. The summed E-state index contributed by atoms with van der Waals surface area (Å²) in [7, 11) is 0. The Morgan fingerprint density at radius 2 is 1.74 bits per heavy atom. The molecule has 11 heteroatoms. The predicted molar refractivity (Wildman–Crippen MR) is 203 cm³/mol. The highest BCUT2D eigenvalue weighted by Crippen LogP contribution is 2.40. The molecule has 2 heterocycles. The van der Waals surface area contributed by atoms with Gasteiger partial charge in [0.25, 0.3) is 11.6 Å². The van der Waals surface area contributed by atoms with Gasteiger partial charge in [-0.2, -0.15) is 0 Å². The maximum atomic E-state index is 14.0. The second-order valence-electron chi connectivity index (χ2n) is 11.6. The number of amides is 1. The monoisotopic (exact) mass is 746 g/mol. The Balaban J connectivity index is 1.17. The summed E-state index contributed by atoms with van der Waals surface area (Å²) in [6.07, 6.45) is 4.40. The van der Waals surface area contributed by atoms with Gasteiger partial charge in [-0.3, -0.25) is 19.8 Å². The van der Waals surface area contributed by atoms with E-state index in [-0.39, 0.29) is 11.6 Å². The molecule has 0 radical (unpaired) electrons. The standard InChI is InChI=1S/C39H31BrN4O5S/c1-2-48-35-21-26(20-33(40)37(35)49-24-25-11-12-27-7-3-4-8-28(27)19-25)22-36-38(45)43(18-17-29-23-41-34-10-6-5-9-32(29)34)39(50-36)42-30-13-15-31(16-14-30)44(46)47/h3-16,19-23,41H,2,17-18,24H2,1H3/b36-22-,42-39?. The van der Waals surface area contributed by atoms with Crippen molar-refractivity contribution < 1.29 is 19.2 Å². The Morgan fingerprint density at radius 3 is 2.54 bits per heavy atom. The zero-order chi connectivity index (χ0) is 34.6. The third-order valence-electron chi connectivity index (χ3n) is 8.28. The summed E-state index contributed by atoms with van der Waals surface area (Å²) in [5.41, 5.74) is 4.40. The van der Waals surface area contributed by atoms with Crippen LogP contribution in [0.25, 0.3) is 27.8 Å². The van der Waals surface area contributed by atoms with Gasteiger partial charge in [-0.15, -0.1) is 0 Å². The van der Waals surface area contributed by atoms with Crippen molar-refractivity contribution in [3.8, 4) is 11.5 Å². The van der Waals surface area contributed by atoms with Crippen molar-refractivity contribution in [3.05, 3.63) is 146 Å². The lowest BCUT2D eigenvalue weighted by Crippen LogP contribution is -2.31. The smallest absolute Gasteiger partial charge is 0.269 e. The summed E-state index contributed by atoms with van der Waals surface area (Å²) in [5.74, 6) is 0.954. The average Bonchev–Trinajstić information content (AvgIpc) is 3.66. The molecule has 7 rings (SSSR count). The number of halogens is 1. The van der Waals surface area contributed by atoms with E-state index in [4.69, 9.17) is 14.5 Å². The quantitative estimate of drug-likeness (QED) is 0.0803. The van der Waals surface area contributed by atoms with Crippen LogP contribution in [0.5, 0.6) is 11.5 Å². The number of non-ortho nitro benzene ring substituents is 1. The first kappa shape index (κ1) is 33.1. The van der Waals surface area contributed by atoms with Crippen LogP contribution in [0.4, 0.5) is 11.4 Å². The number of H-pyrrole nitrogens is 1. The van der Waals surface area contributed by atoms with Crippen molar-refractivity contribution in [1.82, 2.24) is 9.88 Å². The van der Waals surface area contributed by atoms with E-state index in [0.29, 0.717) is 57.9 Å². The minimum Gasteiger partial charge on any atom is -0.490 e. The molecule has 5 aromatic carbocycles. The molecule has 0 aliphatic carbocycles. The van der Waals surface area contributed by atoms with E-state index in [0.717, 1.165) is 33.0 Å². The van der Waals surface area contributed by atoms with Gasteiger partial charge in [0.05, 0.1) is 26.6 Å². The number of nitro groups is 1.